The van der Waals surface area contributed by atoms with Gasteiger partial charge in [-0.1, -0.05) is 27.5 Å². The van der Waals surface area contributed by atoms with Crippen LogP contribution in [0.2, 0.25) is 5.15 Å². The predicted octanol–water partition coefficient (Wildman–Crippen LogP) is 3.38. The third kappa shape index (κ3) is 2.09. The lowest BCUT2D eigenvalue weighted by molar-refractivity contribution is 0.110. The SMILES string of the molecule is O=Cc1cnc(Cl)c(CBr)c1C(F)F. The highest BCUT2D eigenvalue weighted by molar-refractivity contribution is 9.08. The number of rotatable bonds is 3. The van der Waals surface area contributed by atoms with E-state index in [0.29, 0.717) is 6.29 Å². The summed E-state index contributed by atoms with van der Waals surface area (Å²) in [5.74, 6) is 0. The molecule has 0 spiro atoms. The first-order valence-corrected chi connectivity index (χ1v) is 5.08. The van der Waals surface area contributed by atoms with Crippen molar-refractivity contribution in [2.75, 3.05) is 0 Å². The van der Waals surface area contributed by atoms with Crippen LogP contribution in [0.5, 0.6) is 0 Å². The van der Waals surface area contributed by atoms with Crippen molar-refractivity contribution in [1.82, 2.24) is 4.98 Å². The zero-order valence-corrected chi connectivity index (χ0v) is 9.15. The van der Waals surface area contributed by atoms with E-state index < -0.39 is 6.43 Å². The van der Waals surface area contributed by atoms with Crippen LogP contribution in [-0.4, -0.2) is 11.3 Å². The first-order valence-electron chi connectivity index (χ1n) is 3.58. The van der Waals surface area contributed by atoms with E-state index in [-0.39, 0.29) is 27.2 Å². The molecule has 0 radical (unpaired) electrons. The normalized spacial score (nSPS) is 10.6. The van der Waals surface area contributed by atoms with E-state index >= 15 is 0 Å². The Morgan fingerprint density at radius 1 is 1.64 bits per heavy atom. The summed E-state index contributed by atoms with van der Waals surface area (Å²) in [6.07, 6.45) is -1.34. The molecule has 0 aliphatic carbocycles. The number of aldehydes is 1. The monoisotopic (exact) mass is 283 g/mol. The summed E-state index contributed by atoms with van der Waals surface area (Å²) in [5, 5.41) is 0.128. The molecule has 0 saturated heterocycles. The van der Waals surface area contributed by atoms with Gasteiger partial charge in [-0.2, -0.15) is 0 Å². The fraction of sp³-hybridized carbons (Fsp3) is 0.250. The average Bonchev–Trinajstić information content (AvgIpc) is 2.17. The van der Waals surface area contributed by atoms with Crippen LogP contribution >= 0.6 is 27.5 Å². The molecule has 0 unspecified atom stereocenters. The highest BCUT2D eigenvalue weighted by Gasteiger charge is 2.20. The lowest BCUT2D eigenvalue weighted by Crippen LogP contribution is -2.01. The molecule has 2 nitrogen and oxygen atoms in total. The number of hydrogen-bond acceptors (Lipinski definition) is 2. The molecule has 0 aliphatic heterocycles. The van der Waals surface area contributed by atoms with Crippen molar-refractivity contribution < 1.29 is 13.6 Å². The van der Waals surface area contributed by atoms with Crippen LogP contribution in [-0.2, 0) is 5.33 Å². The Morgan fingerprint density at radius 2 is 2.29 bits per heavy atom. The van der Waals surface area contributed by atoms with E-state index in [1.165, 1.54) is 0 Å². The van der Waals surface area contributed by atoms with Crippen molar-refractivity contribution in [2.24, 2.45) is 0 Å². The molecule has 0 bridgehead atoms. The molecule has 0 saturated carbocycles. The van der Waals surface area contributed by atoms with E-state index in [2.05, 4.69) is 20.9 Å². The number of alkyl halides is 3. The van der Waals surface area contributed by atoms with Crippen LogP contribution in [0.4, 0.5) is 8.78 Å². The van der Waals surface area contributed by atoms with Crippen molar-refractivity contribution in [2.45, 2.75) is 11.8 Å². The highest BCUT2D eigenvalue weighted by Crippen LogP contribution is 2.30. The molecular weight excluding hydrogens is 279 g/mol. The highest BCUT2D eigenvalue weighted by atomic mass is 79.9. The molecule has 1 aromatic rings. The van der Waals surface area contributed by atoms with Gasteiger partial charge in [-0.05, 0) is 0 Å². The number of hydrogen-bond donors (Lipinski definition) is 0. The summed E-state index contributed by atoms with van der Waals surface area (Å²) >= 11 is 8.63. The summed E-state index contributed by atoms with van der Waals surface area (Å²) in [4.78, 5) is 14.1. The van der Waals surface area contributed by atoms with Gasteiger partial charge < -0.3 is 0 Å². The quantitative estimate of drug-likeness (QED) is 0.484. The number of halogens is 4. The van der Waals surface area contributed by atoms with Crippen LogP contribution < -0.4 is 0 Å². The molecule has 14 heavy (non-hydrogen) atoms. The molecule has 0 N–H and O–H groups in total. The minimum atomic E-state index is -2.73. The maximum atomic E-state index is 12.6. The Balaban J connectivity index is 3.43. The van der Waals surface area contributed by atoms with Crippen LogP contribution in [0.25, 0.3) is 0 Å². The van der Waals surface area contributed by atoms with Gasteiger partial charge in [0.15, 0.2) is 6.29 Å². The summed E-state index contributed by atoms with van der Waals surface area (Å²) in [7, 11) is 0. The molecule has 1 rings (SSSR count). The fourth-order valence-corrected chi connectivity index (χ4v) is 1.98. The smallest absolute Gasteiger partial charge is 0.265 e. The van der Waals surface area contributed by atoms with Gasteiger partial charge in [0.25, 0.3) is 6.43 Å². The summed E-state index contributed by atoms with van der Waals surface area (Å²) in [5.41, 5.74) is -0.318. The Hall–Kier alpha value is -0.550. The number of nitrogens with zero attached hydrogens (tertiary/aromatic N) is 1. The lowest BCUT2D eigenvalue weighted by atomic mass is 10.1. The molecule has 1 heterocycles. The van der Waals surface area contributed by atoms with E-state index in [4.69, 9.17) is 11.6 Å². The second-order valence-electron chi connectivity index (χ2n) is 2.45. The van der Waals surface area contributed by atoms with Crippen molar-refractivity contribution in [1.29, 1.82) is 0 Å². The maximum absolute atomic E-state index is 12.6. The van der Waals surface area contributed by atoms with Crippen molar-refractivity contribution in [3.8, 4) is 0 Å². The van der Waals surface area contributed by atoms with E-state index in [1.54, 1.807) is 0 Å². The Kier molecular flexibility index (Phi) is 3.95. The number of aromatic nitrogens is 1. The third-order valence-electron chi connectivity index (χ3n) is 1.68. The molecule has 6 heteroatoms. The first kappa shape index (κ1) is 11.5. The fourth-order valence-electron chi connectivity index (χ4n) is 1.04. The lowest BCUT2D eigenvalue weighted by Gasteiger charge is -2.09. The zero-order chi connectivity index (χ0) is 10.7. The van der Waals surface area contributed by atoms with Gasteiger partial charge in [0.2, 0.25) is 0 Å². The Morgan fingerprint density at radius 3 is 2.71 bits per heavy atom. The van der Waals surface area contributed by atoms with Gasteiger partial charge in [0.1, 0.15) is 5.15 Å². The average molecular weight is 284 g/mol. The molecule has 0 fully saturated rings. The summed E-state index contributed by atoms with van der Waals surface area (Å²) in [6.45, 7) is 0. The number of carbonyl (C=O) groups excluding carboxylic acids is 1. The second-order valence-corrected chi connectivity index (χ2v) is 3.37. The largest absolute Gasteiger partial charge is 0.298 e. The van der Waals surface area contributed by atoms with Gasteiger partial charge in [-0.15, -0.1) is 0 Å². The molecular formula is C8H5BrClF2NO. The van der Waals surface area contributed by atoms with E-state index in [0.717, 1.165) is 6.20 Å². The van der Waals surface area contributed by atoms with Crippen molar-refractivity contribution in [3.05, 3.63) is 28.0 Å². The molecule has 1 aromatic heterocycles. The Labute approximate surface area is 92.4 Å². The molecule has 76 valence electrons. The third-order valence-corrected chi connectivity index (χ3v) is 2.57. The van der Waals surface area contributed by atoms with Crippen LogP contribution in [0.3, 0.4) is 0 Å². The van der Waals surface area contributed by atoms with Crippen molar-refractivity contribution in [3.63, 3.8) is 0 Å². The Bertz CT molecular complexity index is 359. The molecule has 0 aliphatic rings. The number of pyridine rings is 1. The standard InChI is InChI=1S/C8H5BrClF2NO/c9-1-5-6(8(11)12)4(3-14)2-13-7(5)10/h2-3,8H,1H2. The number of carbonyl (C=O) groups is 1. The van der Waals surface area contributed by atoms with Crippen molar-refractivity contribution >= 4 is 33.8 Å². The van der Waals surface area contributed by atoms with Gasteiger partial charge in [-0.3, -0.25) is 4.79 Å². The summed E-state index contributed by atoms with van der Waals surface area (Å²) < 4.78 is 25.2. The molecule has 0 aromatic carbocycles. The van der Waals surface area contributed by atoms with Crippen LogP contribution in [0.15, 0.2) is 6.20 Å². The first-order chi connectivity index (χ1) is 6.61. The van der Waals surface area contributed by atoms with Gasteiger partial charge in [0, 0.05) is 28.2 Å². The van der Waals surface area contributed by atoms with Gasteiger partial charge in [0.05, 0.1) is 0 Å². The molecule has 0 amide bonds. The van der Waals surface area contributed by atoms with Gasteiger partial charge >= 0.3 is 0 Å². The zero-order valence-electron chi connectivity index (χ0n) is 6.81. The minimum absolute atomic E-state index is 0.0113. The summed E-state index contributed by atoms with van der Waals surface area (Å²) in [6, 6.07) is 0. The van der Waals surface area contributed by atoms with E-state index in [1.807, 2.05) is 0 Å². The molecule has 0 atom stereocenters. The topological polar surface area (TPSA) is 30.0 Å². The minimum Gasteiger partial charge on any atom is -0.298 e. The van der Waals surface area contributed by atoms with Gasteiger partial charge in [-0.25, -0.2) is 13.8 Å². The van der Waals surface area contributed by atoms with Crippen LogP contribution in [0, 0.1) is 0 Å². The second kappa shape index (κ2) is 4.79. The van der Waals surface area contributed by atoms with Crippen LogP contribution in [0.1, 0.15) is 27.9 Å². The maximum Gasteiger partial charge on any atom is 0.265 e. The van der Waals surface area contributed by atoms with E-state index in [9.17, 15) is 13.6 Å². The predicted molar refractivity (Wildman–Crippen MR) is 52.2 cm³/mol.